The van der Waals surface area contributed by atoms with Crippen LogP contribution in [0.2, 0.25) is 0 Å². The van der Waals surface area contributed by atoms with Gasteiger partial charge in [0.05, 0.1) is 23.7 Å². The van der Waals surface area contributed by atoms with Crippen LogP contribution in [-0.4, -0.2) is 48.7 Å². The Bertz CT molecular complexity index is 899. The number of hydrogen-bond acceptors (Lipinski definition) is 6. The first-order chi connectivity index (χ1) is 12.5. The predicted octanol–water partition coefficient (Wildman–Crippen LogP) is 1.95. The molecule has 0 radical (unpaired) electrons. The number of aromatic nitrogens is 2. The second kappa shape index (κ2) is 6.85. The van der Waals surface area contributed by atoms with Crippen molar-refractivity contribution in [1.82, 2.24) is 14.5 Å². The smallest absolute Gasteiger partial charge is 0.243 e. The quantitative estimate of drug-likeness (QED) is 0.812. The largest absolute Gasteiger partial charge is 0.493 e. The van der Waals surface area contributed by atoms with Crippen LogP contribution in [0.15, 0.2) is 35.2 Å². The van der Waals surface area contributed by atoms with Crippen LogP contribution in [0.3, 0.4) is 0 Å². The SMILES string of the molecule is Cc1ccc(O[C@@H]2CCCN(S(=O)(=O)c3ccc4c(c3)CCO4)C2)nn1. The Morgan fingerprint density at radius 1 is 1.23 bits per heavy atom. The lowest BCUT2D eigenvalue weighted by molar-refractivity contribution is 0.123. The number of sulfonamides is 1. The minimum atomic E-state index is -3.55. The lowest BCUT2D eigenvalue weighted by Crippen LogP contribution is -2.44. The van der Waals surface area contributed by atoms with Crippen LogP contribution in [0.1, 0.15) is 24.1 Å². The van der Waals surface area contributed by atoms with Crippen LogP contribution in [0.4, 0.5) is 0 Å². The number of ether oxygens (including phenoxy) is 2. The number of hydrogen-bond donors (Lipinski definition) is 0. The van der Waals surface area contributed by atoms with Crippen molar-refractivity contribution >= 4 is 10.0 Å². The van der Waals surface area contributed by atoms with Gasteiger partial charge in [0.25, 0.3) is 0 Å². The number of fused-ring (bicyclic) bond motifs is 1. The van der Waals surface area contributed by atoms with Gasteiger partial charge < -0.3 is 9.47 Å². The van der Waals surface area contributed by atoms with Crippen molar-refractivity contribution in [2.45, 2.75) is 37.2 Å². The van der Waals surface area contributed by atoms with Gasteiger partial charge in [-0.25, -0.2) is 8.42 Å². The summed E-state index contributed by atoms with van der Waals surface area (Å²) in [4.78, 5) is 0.317. The summed E-state index contributed by atoms with van der Waals surface area (Å²) in [6, 6.07) is 8.68. The van der Waals surface area contributed by atoms with Crippen molar-refractivity contribution in [2.24, 2.45) is 0 Å². The van der Waals surface area contributed by atoms with Gasteiger partial charge in [0.2, 0.25) is 15.9 Å². The lowest BCUT2D eigenvalue weighted by atomic mass is 10.1. The maximum absolute atomic E-state index is 13.0. The molecule has 0 amide bonds. The van der Waals surface area contributed by atoms with E-state index in [2.05, 4.69) is 10.2 Å². The molecule has 0 bridgehead atoms. The average Bonchev–Trinajstić information content (AvgIpc) is 3.12. The molecule has 7 nitrogen and oxygen atoms in total. The highest BCUT2D eigenvalue weighted by Gasteiger charge is 2.32. The average molecular weight is 375 g/mol. The molecule has 2 aliphatic heterocycles. The van der Waals surface area contributed by atoms with Crippen molar-refractivity contribution in [1.29, 1.82) is 0 Å². The van der Waals surface area contributed by atoms with Crippen LogP contribution in [-0.2, 0) is 16.4 Å². The Hall–Kier alpha value is -2.19. The Morgan fingerprint density at radius 2 is 2.12 bits per heavy atom. The summed E-state index contributed by atoms with van der Waals surface area (Å²) < 4.78 is 38.9. The molecule has 1 saturated heterocycles. The monoisotopic (exact) mass is 375 g/mol. The first kappa shape index (κ1) is 17.2. The van der Waals surface area contributed by atoms with E-state index in [9.17, 15) is 8.42 Å². The van der Waals surface area contributed by atoms with Gasteiger partial charge in [0, 0.05) is 19.0 Å². The van der Waals surface area contributed by atoms with Gasteiger partial charge in [-0.05, 0) is 49.6 Å². The molecule has 0 spiro atoms. The summed E-state index contributed by atoms with van der Waals surface area (Å²) in [7, 11) is -3.55. The van der Waals surface area contributed by atoms with E-state index in [0.29, 0.717) is 30.5 Å². The molecule has 1 fully saturated rings. The maximum atomic E-state index is 13.0. The van der Waals surface area contributed by atoms with Gasteiger partial charge in [-0.2, -0.15) is 9.40 Å². The molecule has 4 rings (SSSR count). The van der Waals surface area contributed by atoms with Gasteiger partial charge in [-0.3, -0.25) is 0 Å². The molecule has 138 valence electrons. The molecular weight excluding hydrogens is 354 g/mol. The number of rotatable bonds is 4. The zero-order valence-corrected chi connectivity index (χ0v) is 15.4. The van der Waals surface area contributed by atoms with Gasteiger partial charge >= 0.3 is 0 Å². The minimum Gasteiger partial charge on any atom is -0.493 e. The summed E-state index contributed by atoms with van der Waals surface area (Å²) >= 11 is 0. The molecule has 8 heteroatoms. The molecule has 0 aliphatic carbocycles. The van der Waals surface area contributed by atoms with Crippen LogP contribution in [0, 0.1) is 6.92 Å². The molecule has 2 aromatic rings. The summed E-state index contributed by atoms with van der Waals surface area (Å²) in [6.45, 7) is 3.27. The first-order valence-electron chi connectivity index (χ1n) is 8.75. The highest BCUT2D eigenvalue weighted by Crippen LogP contribution is 2.30. The fraction of sp³-hybridized carbons (Fsp3) is 0.444. The predicted molar refractivity (Wildman–Crippen MR) is 94.8 cm³/mol. The van der Waals surface area contributed by atoms with Crippen LogP contribution >= 0.6 is 0 Å². The molecule has 26 heavy (non-hydrogen) atoms. The maximum Gasteiger partial charge on any atom is 0.243 e. The second-order valence-electron chi connectivity index (χ2n) is 6.63. The van der Waals surface area contributed by atoms with E-state index in [-0.39, 0.29) is 6.10 Å². The van der Waals surface area contributed by atoms with Crippen molar-refractivity contribution in [2.75, 3.05) is 19.7 Å². The summed E-state index contributed by atoms with van der Waals surface area (Å²) in [6.07, 6.45) is 2.06. The lowest BCUT2D eigenvalue weighted by Gasteiger charge is -2.31. The Labute approximate surface area is 153 Å². The molecule has 0 N–H and O–H groups in total. The van der Waals surface area contributed by atoms with Gasteiger partial charge in [0.1, 0.15) is 11.9 Å². The Balaban J connectivity index is 1.50. The zero-order chi connectivity index (χ0) is 18.1. The van der Waals surface area contributed by atoms with E-state index in [0.717, 1.165) is 36.3 Å². The topological polar surface area (TPSA) is 81.6 Å². The van der Waals surface area contributed by atoms with Gasteiger partial charge in [-0.15, -0.1) is 5.10 Å². The fourth-order valence-electron chi connectivity index (χ4n) is 3.31. The highest BCUT2D eigenvalue weighted by molar-refractivity contribution is 7.89. The molecule has 1 atom stereocenters. The molecule has 1 aromatic heterocycles. The van der Waals surface area contributed by atoms with E-state index in [4.69, 9.17) is 9.47 Å². The number of nitrogens with zero attached hydrogens (tertiary/aromatic N) is 3. The van der Waals surface area contributed by atoms with Crippen molar-refractivity contribution in [3.05, 3.63) is 41.6 Å². The second-order valence-corrected chi connectivity index (χ2v) is 8.56. The Kier molecular flexibility index (Phi) is 4.54. The third-order valence-electron chi connectivity index (χ3n) is 4.70. The molecule has 0 unspecified atom stereocenters. The number of benzene rings is 1. The molecule has 2 aliphatic rings. The van der Waals surface area contributed by atoms with Crippen LogP contribution < -0.4 is 9.47 Å². The fourth-order valence-corrected chi connectivity index (χ4v) is 4.87. The minimum absolute atomic E-state index is 0.228. The van der Waals surface area contributed by atoms with Gasteiger partial charge in [0.15, 0.2) is 0 Å². The normalized spacial score (nSPS) is 20.4. The summed E-state index contributed by atoms with van der Waals surface area (Å²) in [5.41, 5.74) is 1.76. The molecular formula is C18H21N3O4S. The van der Waals surface area contributed by atoms with E-state index in [1.54, 1.807) is 24.3 Å². The van der Waals surface area contributed by atoms with E-state index in [1.807, 2.05) is 13.0 Å². The van der Waals surface area contributed by atoms with Crippen LogP contribution in [0.5, 0.6) is 11.6 Å². The molecule has 1 aromatic carbocycles. The number of piperidine rings is 1. The molecule has 3 heterocycles. The third-order valence-corrected chi connectivity index (χ3v) is 6.56. The first-order valence-corrected chi connectivity index (χ1v) is 10.2. The summed E-state index contributed by atoms with van der Waals surface area (Å²) in [5.74, 6) is 1.20. The van der Waals surface area contributed by atoms with Gasteiger partial charge in [-0.1, -0.05) is 0 Å². The van der Waals surface area contributed by atoms with E-state index < -0.39 is 10.0 Å². The zero-order valence-electron chi connectivity index (χ0n) is 14.6. The van der Waals surface area contributed by atoms with Crippen molar-refractivity contribution < 1.29 is 17.9 Å². The van der Waals surface area contributed by atoms with E-state index >= 15 is 0 Å². The van der Waals surface area contributed by atoms with Crippen molar-refractivity contribution in [3.63, 3.8) is 0 Å². The number of aryl methyl sites for hydroxylation is 1. The third kappa shape index (κ3) is 3.39. The summed E-state index contributed by atoms with van der Waals surface area (Å²) in [5, 5.41) is 7.98. The molecule has 0 saturated carbocycles. The van der Waals surface area contributed by atoms with E-state index in [1.165, 1.54) is 4.31 Å². The standard InChI is InChI=1S/C18H21N3O4S/c1-13-4-7-18(20-19-13)25-15-3-2-9-21(12-15)26(22,23)16-5-6-17-14(11-16)8-10-24-17/h4-7,11,15H,2-3,8-10,12H2,1H3/t15-/m1/s1. The highest BCUT2D eigenvalue weighted by atomic mass is 32.2. The van der Waals surface area contributed by atoms with Crippen molar-refractivity contribution in [3.8, 4) is 11.6 Å². The Morgan fingerprint density at radius 3 is 2.92 bits per heavy atom. The van der Waals surface area contributed by atoms with Crippen LogP contribution in [0.25, 0.3) is 0 Å².